The third kappa shape index (κ3) is 5.08. The first-order chi connectivity index (χ1) is 11.1. The van der Waals surface area contributed by atoms with E-state index in [1.807, 2.05) is 18.4 Å². The van der Waals surface area contributed by atoms with Crippen molar-refractivity contribution in [3.8, 4) is 0 Å². The highest BCUT2D eigenvalue weighted by atomic mass is 32.2. The van der Waals surface area contributed by atoms with Crippen LogP contribution in [0.3, 0.4) is 0 Å². The summed E-state index contributed by atoms with van der Waals surface area (Å²) in [6, 6.07) is 10.6. The van der Waals surface area contributed by atoms with E-state index in [0.29, 0.717) is 11.3 Å². The molecule has 0 bridgehead atoms. The molecule has 0 fully saturated rings. The monoisotopic (exact) mass is 331 g/mol. The van der Waals surface area contributed by atoms with Gasteiger partial charge >= 0.3 is 11.8 Å². The van der Waals surface area contributed by atoms with Crippen molar-refractivity contribution in [2.45, 2.75) is 11.0 Å². The molecular weight excluding hydrogens is 314 g/mol. The van der Waals surface area contributed by atoms with Crippen LogP contribution in [-0.2, 0) is 9.59 Å². The largest absolute Gasteiger partial charge is 0.387 e. The summed E-state index contributed by atoms with van der Waals surface area (Å²) in [5, 5.41) is 14.9. The van der Waals surface area contributed by atoms with E-state index in [9.17, 15) is 14.7 Å². The van der Waals surface area contributed by atoms with E-state index in [1.54, 1.807) is 42.2 Å². The Morgan fingerprint density at radius 1 is 1.22 bits per heavy atom. The first-order valence-electron chi connectivity index (χ1n) is 6.91. The first-order valence-corrected chi connectivity index (χ1v) is 8.14. The van der Waals surface area contributed by atoms with Crippen molar-refractivity contribution in [2.75, 3.05) is 18.1 Å². The van der Waals surface area contributed by atoms with Crippen molar-refractivity contribution in [3.63, 3.8) is 0 Å². The lowest BCUT2D eigenvalue weighted by atomic mass is 10.1. The van der Waals surface area contributed by atoms with Gasteiger partial charge in [-0.1, -0.05) is 12.1 Å². The lowest BCUT2D eigenvalue weighted by Crippen LogP contribution is -2.37. The van der Waals surface area contributed by atoms with Crippen molar-refractivity contribution in [1.29, 1.82) is 0 Å². The zero-order valence-corrected chi connectivity index (χ0v) is 13.3. The maximum Gasteiger partial charge on any atom is 0.313 e. The fourth-order valence-corrected chi connectivity index (χ4v) is 2.25. The normalized spacial score (nSPS) is 11.6. The van der Waals surface area contributed by atoms with Gasteiger partial charge in [0.1, 0.15) is 0 Å². The average Bonchev–Trinajstić information content (AvgIpc) is 2.60. The van der Waals surface area contributed by atoms with E-state index in [2.05, 4.69) is 15.6 Å². The van der Waals surface area contributed by atoms with Crippen LogP contribution in [-0.4, -0.2) is 34.7 Å². The molecule has 23 heavy (non-hydrogen) atoms. The second kappa shape index (κ2) is 8.30. The van der Waals surface area contributed by atoms with Gasteiger partial charge in [0, 0.05) is 17.6 Å². The molecule has 0 aliphatic carbocycles. The van der Waals surface area contributed by atoms with Crippen molar-refractivity contribution < 1.29 is 14.7 Å². The molecule has 2 aromatic rings. The standard InChI is InChI=1S/C16H17N3O3S/c1-23-13-6-4-11(5-7-13)14(20)10-18-15(21)16(22)19-12-3-2-8-17-9-12/h2-9,14,20H,10H2,1H3,(H,18,21)(H,19,22). The van der Waals surface area contributed by atoms with E-state index in [4.69, 9.17) is 0 Å². The number of aliphatic hydroxyl groups is 1. The minimum atomic E-state index is -0.874. The number of nitrogens with zero attached hydrogens (tertiary/aromatic N) is 1. The molecule has 0 saturated heterocycles. The number of rotatable bonds is 5. The van der Waals surface area contributed by atoms with Gasteiger partial charge in [-0.2, -0.15) is 0 Å². The number of benzene rings is 1. The summed E-state index contributed by atoms with van der Waals surface area (Å²) in [7, 11) is 0. The van der Waals surface area contributed by atoms with Gasteiger partial charge in [0.05, 0.1) is 18.0 Å². The van der Waals surface area contributed by atoms with Crippen LogP contribution >= 0.6 is 11.8 Å². The molecule has 0 radical (unpaired) electrons. The number of carbonyl (C=O) groups is 2. The SMILES string of the molecule is CSc1ccc(C(O)CNC(=O)C(=O)Nc2cccnc2)cc1. The maximum atomic E-state index is 11.7. The van der Waals surface area contributed by atoms with Gasteiger partial charge in [-0.05, 0) is 36.1 Å². The Balaban J connectivity index is 1.84. The number of hydrogen-bond donors (Lipinski definition) is 3. The minimum Gasteiger partial charge on any atom is -0.387 e. The van der Waals surface area contributed by atoms with Gasteiger partial charge in [0.25, 0.3) is 0 Å². The summed E-state index contributed by atoms with van der Waals surface area (Å²) in [5.41, 5.74) is 1.11. The molecule has 120 valence electrons. The third-order valence-corrected chi connectivity index (χ3v) is 3.83. The molecule has 0 spiro atoms. The summed E-state index contributed by atoms with van der Waals surface area (Å²) in [6.07, 6.45) is 4.09. The number of hydrogen-bond acceptors (Lipinski definition) is 5. The van der Waals surface area contributed by atoms with Crippen LogP contribution in [0.25, 0.3) is 0 Å². The quantitative estimate of drug-likeness (QED) is 0.572. The lowest BCUT2D eigenvalue weighted by molar-refractivity contribution is -0.136. The molecule has 0 saturated carbocycles. The predicted molar refractivity (Wildman–Crippen MR) is 89.1 cm³/mol. The number of nitrogens with one attached hydrogen (secondary N) is 2. The predicted octanol–water partition coefficient (Wildman–Crippen LogP) is 1.59. The van der Waals surface area contributed by atoms with Gasteiger partial charge in [-0.25, -0.2) is 0 Å². The second-order valence-corrected chi connectivity index (χ2v) is 5.57. The van der Waals surface area contributed by atoms with E-state index in [-0.39, 0.29) is 6.54 Å². The van der Waals surface area contributed by atoms with Gasteiger partial charge in [-0.3, -0.25) is 14.6 Å². The van der Waals surface area contributed by atoms with Crippen LogP contribution in [0.1, 0.15) is 11.7 Å². The van der Waals surface area contributed by atoms with Crippen LogP contribution < -0.4 is 10.6 Å². The Kier molecular flexibility index (Phi) is 6.13. The van der Waals surface area contributed by atoms with Crippen LogP contribution in [0.5, 0.6) is 0 Å². The molecule has 1 aromatic carbocycles. The Bertz CT molecular complexity index is 662. The first kappa shape index (κ1) is 17.0. The average molecular weight is 331 g/mol. The summed E-state index contributed by atoms with van der Waals surface area (Å²) >= 11 is 1.60. The van der Waals surface area contributed by atoms with Gasteiger partial charge < -0.3 is 15.7 Å². The smallest absolute Gasteiger partial charge is 0.313 e. The van der Waals surface area contributed by atoms with Crippen LogP contribution in [0, 0.1) is 0 Å². The highest BCUT2D eigenvalue weighted by molar-refractivity contribution is 7.98. The second-order valence-electron chi connectivity index (χ2n) is 4.69. The lowest BCUT2D eigenvalue weighted by Gasteiger charge is -2.12. The van der Waals surface area contributed by atoms with Crippen LogP contribution in [0.4, 0.5) is 5.69 Å². The van der Waals surface area contributed by atoms with Crippen molar-refractivity contribution in [2.24, 2.45) is 0 Å². The maximum absolute atomic E-state index is 11.7. The number of aromatic nitrogens is 1. The Labute approximate surface area is 138 Å². The van der Waals surface area contributed by atoms with Crippen molar-refractivity contribution >= 4 is 29.3 Å². The Hall–Kier alpha value is -2.38. The molecule has 2 rings (SSSR count). The molecule has 2 amide bonds. The molecule has 0 aliphatic heterocycles. The van der Waals surface area contributed by atoms with Gasteiger partial charge in [0.15, 0.2) is 0 Å². The molecule has 1 atom stereocenters. The number of anilines is 1. The van der Waals surface area contributed by atoms with Gasteiger partial charge in [-0.15, -0.1) is 11.8 Å². The minimum absolute atomic E-state index is 0.0437. The van der Waals surface area contributed by atoms with Crippen molar-refractivity contribution in [1.82, 2.24) is 10.3 Å². The molecule has 1 aromatic heterocycles. The highest BCUT2D eigenvalue weighted by Gasteiger charge is 2.16. The summed E-state index contributed by atoms with van der Waals surface area (Å²) in [4.78, 5) is 28.4. The van der Waals surface area contributed by atoms with Crippen LogP contribution in [0.2, 0.25) is 0 Å². The molecular formula is C16H17N3O3S. The molecule has 0 aliphatic rings. The summed E-state index contributed by atoms with van der Waals surface area (Å²) in [5.74, 6) is -1.61. The van der Waals surface area contributed by atoms with Crippen molar-refractivity contribution in [3.05, 3.63) is 54.4 Å². The van der Waals surface area contributed by atoms with E-state index in [1.165, 1.54) is 6.20 Å². The van der Waals surface area contributed by atoms with E-state index >= 15 is 0 Å². The number of pyridine rings is 1. The highest BCUT2D eigenvalue weighted by Crippen LogP contribution is 2.18. The van der Waals surface area contributed by atoms with E-state index in [0.717, 1.165) is 4.90 Å². The molecule has 1 unspecified atom stereocenters. The zero-order chi connectivity index (χ0) is 16.7. The molecule has 7 heteroatoms. The van der Waals surface area contributed by atoms with Crippen LogP contribution in [0.15, 0.2) is 53.7 Å². The number of aliphatic hydroxyl groups excluding tert-OH is 1. The topological polar surface area (TPSA) is 91.3 Å². The number of amides is 2. The Morgan fingerprint density at radius 3 is 2.57 bits per heavy atom. The van der Waals surface area contributed by atoms with Gasteiger partial charge in [0.2, 0.25) is 0 Å². The number of carbonyl (C=O) groups excluding carboxylic acids is 2. The molecule has 6 nitrogen and oxygen atoms in total. The third-order valence-electron chi connectivity index (χ3n) is 3.08. The molecule has 1 heterocycles. The molecule has 3 N–H and O–H groups in total. The van der Waals surface area contributed by atoms with E-state index < -0.39 is 17.9 Å². The fourth-order valence-electron chi connectivity index (χ4n) is 1.84. The summed E-state index contributed by atoms with van der Waals surface area (Å²) in [6.45, 7) is -0.0437. The fraction of sp³-hybridized carbons (Fsp3) is 0.188. The number of thioether (sulfide) groups is 1. The summed E-state index contributed by atoms with van der Waals surface area (Å²) < 4.78 is 0. The zero-order valence-electron chi connectivity index (χ0n) is 12.5. The Morgan fingerprint density at radius 2 is 1.96 bits per heavy atom.